The Kier molecular flexibility index (Phi) is 2.65. The Morgan fingerprint density at radius 3 is 2.93 bits per heavy atom. The van der Waals surface area contributed by atoms with Gasteiger partial charge in [0.15, 0.2) is 0 Å². The lowest BCUT2D eigenvalue weighted by atomic mass is 10.4. The van der Waals surface area contributed by atoms with Crippen molar-refractivity contribution in [3.8, 4) is 6.07 Å². The molecule has 0 N–H and O–H groups in total. The van der Waals surface area contributed by atoms with E-state index in [-0.39, 0.29) is 0 Å². The predicted molar refractivity (Wildman–Crippen MR) is 52.1 cm³/mol. The molecule has 2 heterocycles. The Hall–Kier alpha value is -1.87. The highest BCUT2D eigenvalue weighted by molar-refractivity contribution is 7.99. The van der Waals surface area contributed by atoms with E-state index in [1.54, 1.807) is 25.1 Å². The molecule has 0 aliphatic rings. The summed E-state index contributed by atoms with van der Waals surface area (Å²) in [4.78, 5) is 4.07. The number of aromatic nitrogens is 3. The summed E-state index contributed by atoms with van der Waals surface area (Å²) in [6, 6.07) is 7.15. The van der Waals surface area contributed by atoms with Crippen molar-refractivity contribution in [3.05, 3.63) is 29.8 Å². The van der Waals surface area contributed by atoms with Gasteiger partial charge in [-0.3, -0.25) is 0 Å². The van der Waals surface area contributed by atoms with Crippen LogP contribution in [0.4, 0.5) is 0 Å². The van der Waals surface area contributed by atoms with Gasteiger partial charge in [-0.25, -0.2) is 4.98 Å². The van der Waals surface area contributed by atoms with Crippen molar-refractivity contribution < 1.29 is 4.42 Å². The molecule has 6 heteroatoms. The minimum atomic E-state index is 0.372. The Balaban J connectivity index is 2.21. The first-order valence-electron chi connectivity index (χ1n) is 4.13. The average molecular weight is 218 g/mol. The van der Waals surface area contributed by atoms with E-state index in [2.05, 4.69) is 15.2 Å². The van der Waals surface area contributed by atoms with Gasteiger partial charge in [0, 0.05) is 6.92 Å². The van der Waals surface area contributed by atoms with Crippen LogP contribution in [0.15, 0.2) is 32.9 Å². The summed E-state index contributed by atoms with van der Waals surface area (Å²) in [5, 5.41) is 17.3. The van der Waals surface area contributed by atoms with E-state index in [0.29, 0.717) is 21.8 Å². The van der Waals surface area contributed by atoms with E-state index in [9.17, 15) is 0 Å². The van der Waals surface area contributed by atoms with Crippen LogP contribution >= 0.6 is 11.8 Å². The van der Waals surface area contributed by atoms with E-state index in [4.69, 9.17) is 9.68 Å². The number of nitriles is 1. The average Bonchev–Trinajstić information content (AvgIpc) is 2.64. The first-order chi connectivity index (χ1) is 7.28. The maximum atomic E-state index is 8.66. The summed E-state index contributed by atoms with van der Waals surface area (Å²) >= 11 is 1.24. The molecule has 15 heavy (non-hydrogen) atoms. The second kappa shape index (κ2) is 4.11. The summed E-state index contributed by atoms with van der Waals surface area (Å²) in [6.07, 6.45) is 0. The van der Waals surface area contributed by atoms with Crippen LogP contribution in [0.25, 0.3) is 0 Å². The molecule has 0 radical (unpaired) electrons. The molecule has 0 saturated heterocycles. The molecule has 0 bridgehead atoms. The summed E-state index contributed by atoms with van der Waals surface area (Å²) in [5.41, 5.74) is 0.372. The van der Waals surface area contributed by atoms with E-state index < -0.39 is 0 Å². The largest absolute Gasteiger partial charge is 0.416 e. The lowest BCUT2D eigenvalue weighted by Gasteiger charge is -1.94. The van der Waals surface area contributed by atoms with Crippen LogP contribution in [0.5, 0.6) is 0 Å². The normalized spacial score (nSPS) is 9.87. The van der Waals surface area contributed by atoms with Gasteiger partial charge in [-0.15, -0.1) is 10.2 Å². The molecule has 74 valence electrons. The third-order valence-electron chi connectivity index (χ3n) is 1.54. The molecule has 2 aromatic heterocycles. The SMILES string of the molecule is Cc1nnc(Sc2cccc(C#N)n2)o1. The maximum Gasteiger partial charge on any atom is 0.282 e. The molecule has 0 fully saturated rings. The van der Waals surface area contributed by atoms with Crippen LogP contribution in [0, 0.1) is 18.3 Å². The molecular formula is C9H6N4OS. The van der Waals surface area contributed by atoms with Gasteiger partial charge in [-0.2, -0.15) is 5.26 Å². The Morgan fingerprint density at radius 1 is 1.40 bits per heavy atom. The number of aryl methyl sites for hydroxylation is 1. The molecule has 0 atom stereocenters. The predicted octanol–water partition coefficient (Wildman–Crippen LogP) is 1.80. The monoisotopic (exact) mass is 218 g/mol. The zero-order chi connectivity index (χ0) is 10.7. The quantitative estimate of drug-likeness (QED) is 0.765. The second-order valence-electron chi connectivity index (χ2n) is 2.66. The van der Waals surface area contributed by atoms with Crippen LogP contribution in [-0.4, -0.2) is 15.2 Å². The third-order valence-corrected chi connectivity index (χ3v) is 2.31. The van der Waals surface area contributed by atoms with Gasteiger partial charge >= 0.3 is 0 Å². The molecule has 0 aliphatic heterocycles. The number of hydrogen-bond donors (Lipinski definition) is 0. The first kappa shape index (κ1) is 9.68. The zero-order valence-corrected chi connectivity index (χ0v) is 8.65. The topological polar surface area (TPSA) is 75.6 Å². The fourth-order valence-electron chi connectivity index (χ4n) is 0.943. The molecule has 0 saturated carbocycles. The summed E-state index contributed by atoms with van der Waals surface area (Å²) in [5.74, 6) is 0.508. The molecule has 5 nitrogen and oxygen atoms in total. The first-order valence-corrected chi connectivity index (χ1v) is 4.95. The highest BCUT2D eigenvalue weighted by Gasteiger charge is 2.06. The molecule has 0 aromatic carbocycles. The standard InChI is InChI=1S/C9H6N4OS/c1-6-12-13-9(14-6)15-8-4-2-3-7(5-10)11-8/h2-4H,1H3. The van der Waals surface area contributed by atoms with Crippen molar-refractivity contribution in [1.29, 1.82) is 5.26 Å². The highest BCUT2D eigenvalue weighted by Crippen LogP contribution is 2.24. The van der Waals surface area contributed by atoms with E-state index >= 15 is 0 Å². The maximum absolute atomic E-state index is 8.66. The third kappa shape index (κ3) is 2.33. The Morgan fingerprint density at radius 2 is 2.27 bits per heavy atom. The molecule has 2 rings (SSSR count). The minimum Gasteiger partial charge on any atom is -0.416 e. The summed E-state index contributed by atoms with van der Waals surface area (Å²) < 4.78 is 5.18. The van der Waals surface area contributed by atoms with Gasteiger partial charge in [0.1, 0.15) is 16.8 Å². The number of rotatable bonds is 2. The van der Waals surface area contributed by atoms with Gasteiger partial charge in [-0.05, 0) is 23.9 Å². The van der Waals surface area contributed by atoms with Crippen molar-refractivity contribution in [2.45, 2.75) is 17.2 Å². The van der Waals surface area contributed by atoms with Crippen molar-refractivity contribution in [2.75, 3.05) is 0 Å². The van der Waals surface area contributed by atoms with Gasteiger partial charge in [-0.1, -0.05) is 6.07 Å². The molecular weight excluding hydrogens is 212 g/mol. The van der Waals surface area contributed by atoms with Crippen LogP contribution in [0.3, 0.4) is 0 Å². The Labute approximate surface area is 90.2 Å². The van der Waals surface area contributed by atoms with Gasteiger partial charge in [0.25, 0.3) is 5.22 Å². The second-order valence-corrected chi connectivity index (χ2v) is 3.63. The van der Waals surface area contributed by atoms with Crippen molar-refractivity contribution in [1.82, 2.24) is 15.2 Å². The van der Waals surface area contributed by atoms with Crippen molar-refractivity contribution in [2.24, 2.45) is 0 Å². The molecule has 0 aliphatic carbocycles. The number of pyridine rings is 1. The van der Waals surface area contributed by atoms with Gasteiger partial charge < -0.3 is 4.42 Å². The number of hydrogen-bond acceptors (Lipinski definition) is 6. The van der Waals surface area contributed by atoms with Gasteiger partial charge in [0.05, 0.1) is 0 Å². The summed E-state index contributed by atoms with van der Waals surface area (Å²) in [7, 11) is 0. The Bertz CT molecular complexity index is 517. The summed E-state index contributed by atoms with van der Waals surface area (Å²) in [6.45, 7) is 1.72. The van der Waals surface area contributed by atoms with Crippen molar-refractivity contribution >= 4 is 11.8 Å². The zero-order valence-electron chi connectivity index (χ0n) is 7.84. The minimum absolute atomic E-state index is 0.372. The highest BCUT2D eigenvalue weighted by atomic mass is 32.2. The molecule has 0 spiro atoms. The molecule has 2 aromatic rings. The van der Waals surface area contributed by atoms with Gasteiger partial charge in [0.2, 0.25) is 5.89 Å². The lowest BCUT2D eigenvalue weighted by molar-refractivity contribution is 0.429. The van der Waals surface area contributed by atoms with Crippen molar-refractivity contribution in [3.63, 3.8) is 0 Å². The molecule has 0 amide bonds. The van der Waals surface area contributed by atoms with E-state index in [1.807, 2.05) is 6.07 Å². The number of nitrogens with zero attached hydrogens (tertiary/aromatic N) is 4. The van der Waals surface area contributed by atoms with Crippen LogP contribution < -0.4 is 0 Å². The van der Waals surface area contributed by atoms with Crippen LogP contribution in [-0.2, 0) is 0 Å². The fraction of sp³-hybridized carbons (Fsp3) is 0.111. The lowest BCUT2D eigenvalue weighted by Crippen LogP contribution is -1.84. The van der Waals surface area contributed by atoms with Crippen LogP contribution in [0.1, 0.15) is 11.6 Å². The molecule has 0 unspecified atom stereocenters. The van der Waals surface area contributed by atoms with E-state index in [1.165, 1.54) is 11.8 Å². The smallest absolute Gasteiger partial charge is 0.282 e. The van der Waals surface area contributed by atoms with Crippen LogP contribution in [0.2, 0.25) is 0 Å². The van der Waals surface area contributed by atoms with E-state index in [0.717, 1.165) is 0 Å². The fourth-order valence-corrected chi connectivity index (χ4v) is 1.66.